The van der Waals surface area contributed by atoms with Gasteiger partial charge in [-0.2, -0.15) is 13.2 Å². The van der Waals surface area contributed by atoms with E-state index in [4.69, 9.17) is 16.3 Å². The number of carbonyl (C=O) groups excluding carboxylic acids is 2. The van der Waals surface area contributed by atoms with E-state index in [0.717, 1.165) is 17.0 Å². The maximum atomic E-state index is 13.0. The van der Waals surface area contributed by atoms with E-state index < -0.39 is 23.6 Å². The molecule has 0 spiro atoms. The first-order valence-electron chi connectivity index (χ1n) is 8.98. The highest BCUT2D eigenvalue weighted by atomic mass is 35.5. The van der Waals surface area contributed by atoms with Crippen molar-refractivity contribution in [3.8, 4) is 5.75 Å². The van der Waals surface area contributed by atoms with Gasteiger partial charge in [0.05, 0.1) is 41.7 Å². The summed E-state index contributed by atoms with van der Waals surface area (Å²) in [7, 11) is 1.41. The summed E-state index contributed by atoms with van der Waals surface area (Å²) >= 11 is 5.97. The number of nitrogens with zero attached hydrogens (tertiary/aromatic N) is 1. The molecule has 2 N–H and O–H groups in total. The van der Waals surface area contributed by atoms with E-state index in [2.05, 4.69) is 10.6 Å². The standard InChI is InChI=1S/C20H21ClF3N3O3/c1-3-30-17-9-8-13(20(22,23)24)10-16(17)25-11-19(29)27(2)12-18(28)26-15-7-5-4-6-14(15)21/h4-10,25H,3,11-12H2,1-2H3,(H,26,28). The van der Waals surface area contributed by atoms with Crippen molar-refractivity contribution in [3.05, 3.63) is 53.1 Å². The van der Waals surface area contributed by atoms with Gasteiger partial charge in [0.15, 0.2) is 0 Å². The number of anilines is 2. The lowest BCUT2D eigenvalue weighted by Gasteiger charge is -2.19. The Morgan fingerprint density at radius 1 is 1.13 bits per heavy atom. The molecule has 6 nitrogen and oxygen atoms in total. The van der Waals surface area contributed by atoms with Crippen molar-refractivity contribution >= 4 is 34.8 Å². The predicted molar refractivity (Wildman–Crippen MR) is 109 cm³/mol. The van der Waals surface area contributed by atoms with E-state index in [0.29, 0.717) is 10.7 Å². The van der Waals surface area contributed by atoms with E-state index in [1.165, 1.54) is 13.1 Å². The molecule has 10 heteroatoms. The third kappa shape index (κ3) is 6.55. The van der Waals surface area contributed by atoms with Gasteiger partial charge in [0.1, 0.15) is 5.75 Å². The molecule has 0 fully saturated rings. The third-order valence-corrected chi connectivity index (χ3v) is 4.32. The van der Waals surface area contributed by atoms with Gasteiger partial charge >= 0.3 is 6.18 Å². The molecule has 30 heavy (non-hydrogen) atoms. The Kier molecular flexibility index (Phi) is 7.93. The van der Waals surface area contributed by atoms with Gasteiger partial charge in [0.2, 0.25) is 11.8 Å². The summed E-state index contributed by atoms with van der Waals surface area (Å²) in [5.74, 6) is -0.769. The van der Waals surface area contributed by atoms with Gasteiger partial charge in [-0.1, -0.05) is 23.7 Å². The van der Waals surface area contributed by atoms with Gasteiger partial charge in [-0.05, 0) is 37.3 Å². The second-order valence-corrected chi connectivity index (χ2v) is 6.68. The van der Waals surface area contributed by atoms with Crippen molar-refractivity contribution in [1.29, 1.82) is 0 Å². The Bertz CT molecular complexity index is 906. The number of carbonyl (C=O) groups is 2. The molecule has 0 aliphatic rings. The van der Waals surface area contributed by atoms with E-state index in [9.17, 15) is 22.8 Å². The lowest BCUT2D eigenvalue weighted by atomic mass is 10.1. The van der Waals surface area contributed by atoms with Crippen LogP contribution in [0.25, 0.3) is 0 Å². The Morgan fingerprint density at radius 3 is 2.47 bits per heavy atom. The fourth-order valence-corrected chi connectivity index (χ4v) is 2.67. The van der Waals surface area contributed by atoms with Crippen LogP contribution in [0.4, 0.5) is 24.5 Å². The lowest BCUT2D eigenvalue weighted by Crippen LogP contribution is -2.38. The zero-order chi connectivity index (χ0) is 22.3. The van der Waals surface area contributed by atoms with Crippen molar-refractivity contribution < 1.29 is 27.5 Å². The monoisotopic (exact) mass is 443 g/mol. The number of amides is 2. The van der Waals surface area contributed by atoms with Crippen LogP contribution in [0.1, 0.15) is 12.5 Å². The van der Waals surface area contributed by atoms with Crippen molar-refractivity contribution in [2.75, 3.05) is 37.4 Å². The van der Waals surface area contributed by atoms with Gasteiger partial charge in [-0.3, -0.25) is 9.59 Å². The summed E-state index contributed by atoms with van der Waals surface area (Å²) in [5.41, 5.74) is -0.421. The van der Waals surface area contributed by atoms with Crippen LogP contribution in [0.5, 0.6) is 5.75 Å². The summed E-state index contributed by atoms with van der Waals surface area (Å²) in [5, 5.41) is 5.60. The molecule has 2 aromatic carbocycles. The molecule has 0 saturated heterocycles. The van der Waals surface area contributed by atoms with Gasteiger partial charge < -0.3 is 20.3 Å². The Morgan fingerprint density at radius 2 is 1.83 bits per heavy atom. The number of likely N-dealkylation sites (N-methyl/N-ethyl adjacent to an activating group) is 1. The maximum absolute atomic E-state index is 13.0. The number of hydrogen-bond acceptors (Lipinski definition) is 4. The van der Waals surface area contributed by atoms with Crippen molar-refractivity contribution in [2.45, 2.75) is 13.1 Å². The van der Waals surface area contributed by atoms with E-state index >= 15 is 0 Å². The number of halogens is 4. The zero-order valence-corrected chi connectivity index (χ0v) is 17.1. The largest absolute Gasteiger partial charge is 0.492 e. The average Bonchev–Trinajstić information content (AvgIpc) is 2.68. The van der Waals surface area contributed by atoms with Crippen LogP contribution in [0.3, 0.4) is 0 Å². The number of rotatable bonds is 8. The molecule has 162 valence electrons. The molecule has 0 aromatic heterocycles. The predicted octanol–water partition coefficient (Wildman–Crippen LogP) is 4.27. The second-order valence-electron chi connectivity index (χ2n) is 6.27. The van der Waals surface area contributed by atoms with Crippen LogP contribution < -0.4 is 15.4 Å². The fraction of sp³-hybridized carbons (Fsp3) is 0.300. The first-order chi connectivity index (χ1) is 14.1. The van der Waals surface area contributed by atoms with Crippen LogP contribution in [0.15, 0.2) is 42.5 Å². The molecule has 0 heterocycles. The third-order valence-electron chi connectivity index (χ3n) is 3.99. The molecule has 0 aliphatic heterocycles. The second kappa shape index (κ2) is 10.2. The van der Waals surface area contributed by atoms with Crippen molar-refractivity contribution in [2.24, 2.45) is 0 Å². The minimum Gasteiger partial charge on any atom is -0.492 e. The minimum absolute atomic E-state index is 0.0361. The molecular weight excluding hydrogens is 423 g/mol. The van der Waals surface area contributed by atoms with E-state index in [1.54, 1.807) is 31.2 Å². The van der Waals surface area contributed by atoms with E-state index in [1.807, 2.05) is 0 Å². The molecule has 2 amide bonds. The summed E-state index contributed by atoms with van der Waals surface area (Å²) < 4.78 is 44.2. The molecule has 0 unspecified atom stereocenters. The van der Waals surface area contributed by atoms with Crippen LogP contribution in [0.2, 0.25) is 5.02 Å². The number of para-hydroxylation sites is 1. The van der Waals surface area contributed by atoms with Gasteiger partial charge in [-0.25, -0.2) is 0 Å². The number of benzene rings is 2. The summed E-state index contributed by atoms with van der Waals surface area (Å²) in [6, 6.07) is 9.62. The number of nitrogens with one attached hydrogen (secondary N) is 2. The molecule has 2 aromatic rings. The molecule has 0 aliphatic carbocycles. The quantitative estimate of drug-likeness (QED) is 0.639. The van der Waals surface area contributed by atoms with E-state index in [-0.39, 0.29) is 31.1 Å². The molecule has 2 rings (SSSR count). The summed E-state index contributed by atoms with van der Waals surface area (Å²) in [6.07, 6.45) is -4.53. The normalized spacial score (nSPS) is 11.0. The molecule has 0 radical (unpaired) electrons. The van der Waals surface area contributed by atoms with Gasteiger partial charge in [0.25, 0.3) is 0 Å². The zero-order valence-electron chi connectivity index (χ0n) is 16.3. The van der Waals surface area contributed by atoms with Gasteiger partial charge in [0, 0.05) is 7.05 Å². The Balaban J connectivity index is 1.98. The van der Waals surface area contributed by atoms with Gasteiger partial charge in [-0.15, -0.1) is 0 Å². The molecule has 0 bridgehead atoms. The first-order valence-corrected chi connectivity index (χ1v) is 9.36. The van der Waals surface area contributed by atoms with Crippen LogP contribution in [0, 0.1) is 0 Å². The minimum atomic E-state index is -4.53. The fourth-order valence-electron chi connectivity index (χ4n) is 2.49. The number of hydrogen-bond donors (Lipinski definition) is 2. The number of alkyl halides is 3. The highest BCUT2D eigenvalue weighted by molar-refractivity contribution is 6.33. The molecule has 0 saturated carbocycles. The summed E-state index contributed by atoms with van der Waals surface area (Å²) in [4.78, 5) is 25.6. The van der Waals surface area contributed by atoms with Crippen LogP contribution in [-0.2, 0) is 15.8 Å². The SMILES string of the molecule is CCOc1ccc(C(F)(F)F)cc1NCC(=O)N(C)CC(=O)Nc1ccccc1Cl. The highest BCUT2D eigenvalue weighted by Crippen LogP contribution is 2.35. The average molecular weight is 444 g/mol. The lowest BCUT2D eigenvalue weighted by molar-refractivity contribution is -0.137. The van der Waals surface area contributed by atoms with Crippen LogP contribution >= 0.6 is 11.6 Å². The van der Waals surface area contributed by atoms with Crippen molar-refractivity contribution in [3.63, 3.8) is 0 Å². The first kappa shape index (κ1) is 23.3. The topological polar surface area (TPSA) is 70.7 Å². The van der Waals surface area contributed by atoms with Crippen molar-refractivity contribution in [1.82, 2.24) is 4.90 Å². The van der Waals surface area contributed by atoms with Crippen LogP contribution in [-0.4, -0.2) is 43.5 Å². The summed E-state index contributed by atoms with van der Waals surface area (Å²) in [6.45, 7) is 1.36. The smallest absolute Gasteiger partial charge is 0.416 e. The Hall–Kier alpha value is -2.94. The molecular formula is C20H21ClF3N3O3. The highest BCUT2D eigenvalue weighted by Gasteiger charge is 2.31. The maximum Gasteiger partial charge on any atom is 0.416 e. The number of ether oxygens (including phenoxy) is 1. The molecule has 0 atom stereocenters. The Labute approximate surface area is 177 Å².